The number of halogens is 3. The van der Waals surface area contributed by atoms with Crippen molar-refractivity contribution in [3.05, 3.63) is 73.3 Å². The van der Waals surface area contributed by atoms with Crippen LogP contribution in [0.2, 0.25) is 10.0 Å². The topological polar surface area (TPSA) is 42.7 Å². The summed E-state index contributed by atoms with van der Waals surface area (Å²) in [6, 6.07) is 7.89. The van der Waals surface area contributed by atoms with Crippen LogP contribution >= 0.6 is 23.2 Å². The van der Waals surface area contributed by atoms with Crippen molar-refractivity contribution in [1.82, 2.24) is 4.90 Å². The predicted molar refractivity (Wildman–Crippen MR) is 108 cm³/mol. The van der Waals surface area contributed by atoms with Crippen LogP contribution in [0.5, 0.6) is 5.75 Å². The van der Waals surface area contributed by atoms with Crippen molar-refractivity contribution in [2.24, 2.45) is 0 Å². The molecule has 0 saturated carbocycles. The number of aryl methyl sites for hydroxylation is 1. The summed E-state index contributed by atoms with van der Waals surface area (Å²) in [6.07, 6.45) is 1.63. The number of ether oxygens (including phenoxy) is 1. The maximum atomic E-state index is 14.2. The number of benzene rings is 2. The van der Waals surface area contributed by atoms with Crippen molar-refractivity contribution in [3.8, 4) is 5.75 Å². The molecule has 0 aliphatic carbocycles. The Morgan fingerprint density at radius 3 is 2.79 bits per heavy atom. The average Bonchev–Trinajstić information content (AvgIpc) is 2.66. The molecular weight excluding hydrogens is 404 g/mol. The SMILES string of the molecule is CCCc1cc(=O)oc2c3c(c(Cl)cc12)OCN(Cc1c(F)cccc1Cl)C3. The zero-order valence-corrected chi connectivity index (χ0v) is 16.7. The second-order valence-electron chi connectivity index (χ2n) is 6.84. The third kappa shape index (κ3) is 3.50. The standard InChI is InChI=1S/C21H18Cl2FNO3/c1-2-4-12-7-19(26)28-20-13(12)8-17(23)21-15(20)10-25(11-27-21)9-14-16(22)5-3-6-18(14)24/h3,5-8H,2,4,9-11H2,1H3. The first-order chi connectivity index (χ1) is 13.5. The summed E-state index contributed by atoms with van der Waals surface area (Å²) in [6.45, 7) is 2.93. The average molecular weight is 422 g/mol. The molecule has 0 N–H and O–H groups in total. The van der Waals surface area contributed by atoms with Crippen LogP contribution < -0.4 is 10.4 Å². The summed E-state index contributed by atoms with van der Waals surface area (Å²) in [5, 5.41) is 1.63. The first-order valence-corrected chi connectivity index (χ1v) is 9.79. The van der Waals surface area contributed by atoms with Crippen LogP contribution in [0.1, 0.15) is 30.0 Å². The van der Waals surface area contributed by atoms with Gasteiger partial charge in [-0.05, 0) is 30.2 Å². The lowest BCUT2D eigenvalue weighted by Gasteiger charge is -2.30. The molecule has 0 spiro atoms. The monoisotopic (exact) mass is 421 g/mol. The Bertz CT molecular complexity index is 1090. The smallest absolute Gasteiger partial charge is 0.336 e. The molecule has 28 heavy (non-hydrogen) atoms. The molecule has 0 atom stereocenters. The third-order valence-corrected chi connectivity index (χ3v) is 5.49. The van der Waals surface area contributed by atoms with Gasteiger partial charge in [-0.2, -0.15) is 0 Å². The van der Waals surface area contributed by atoms with Crippen molar-refractivity contribution in [3.63, 3.8) is 0 Å². The van der Waals surface area contributed by atoms with E-state index in [2.05, 4.69) is 0 Å². The maximum absolute atomic E-state index is 14.2. The fourth-order valence-corrected chi connectivity index (χ4v) is 4.08. The number of hydrogen-bond acceptors (Lipinski definition) is 4. The Balaban J connectivity index is 1.77. The highest BCUT2D eigenvalue weighted by molar-refractivity contribution is 6.33. The molecule has 0 radical (unpaired) electrons. The van der Waals surface area contributed by atoms with E-state index in [-0.39, 0.29) is 19.1 Å². The van der Waals surface area contributed by atoms with E-state index in [0.29, 0.717) is 39.0 Å². The lowest BCUT2D eigenvalue weighted by atomic mass is 10.0. The maximum Gasteiger partial charge on any atom is 0.336 e. The van der Waals surface area contributed by atoms with E-state index >= 15 is 0 Å². The van der Waals surface area contributed by atoms with Crippen molar-refractivity contribution in [2.75, 3.05) is 6.73 Å². The Labute approximate surface area is 171 Å². The molecule has 1 aliphatic heterocycles. The first kappa shape index (κ1) is 19.2. The van der Waals surface area contributed by atoms with E-state index in [1.165, 1.54) is 12.1 Å². The summed E-state index contributed by atoms with van der Waals surface area (Å²) >= 11 is 12.6. The highest BCUT2D eigenvalue weighted by Gasteiger charge is 2.26. The Morgan fingerprint density at radius 1 is 1.21 bits per heavy atom. The highest BCUT2D eigenvalue weighted by atomic mass is 35.5. The van der Waals surface area contributed by atoms with Crippen molar-refractivity contribution < 1.29 is 13.5 Å². The van der Waals surface area contributed by atoms with Crippen molar-refractivity contribution >= 4 is 34.2 Å². The second-order valence-corrected chi connectivity index (χ2v) is 7.66. The van der Waals surface area contributed by atoms with Gasteiger partial charge in [-0.25, -0.2) is 9.18 Å². The van der Waals surface area contributed by atoms with Crippen molar-refractivity contribution in [1.29, 1.82) is 0 Å². The minimum Gasteiger partial charge on any atom is -0.476 e. The van der Waals surface area contributed by atoms with Crippen LogP contribution in [0.15, 0.2) is 39.5 Å². The van der Waals surface area contributed by atoms with Gasteiger partial charge in [0.25, 0.3) is 0 Å². The van der Waals surface area contributed by atoms with Gasteiger partial charge in [-0.3, -0.25) is 4.90 Å². The molecular formula is C21H18Cl2FNO3. The van der Waals surface area contributed by atoms with Crippen LogP contribution in [0.3, 0.4) is 0 Å². The van der Waals surface area contributed by atoms with E-state index in [0.717, 1.165) is 23.8 Å². The van der Waals surface area contributed by atoms with E-state index in [1.807, 2.05) is 11.8 Å². The Morgan fingerprint density at radius 2 is 2.04 bits per heavy atom. The molecule has 4 rings (SSSR count). The zero-order chi connectivity index (χ0) is 19.8. The van der Waals surface area contributed by atoms with Gasteiger partial charge in [0.2, 0.25) is 0 Å². The fraction of sp³-hybridized carbons (Fsp3) is 0.286. The summed E-state index contributed by atoms with van der Waals surface area (Å²) in [7, 11) is 0. The minimum atomic E-state index is -0.408. The molecule has 0 fully saturated rings. The van der Waals surface area contributed by atoms with Gasteiger partial charge >= 0.3 is 5.63 Å². The van der Waals surface area contributed by atoms with Crippen LogP contribution in [0.4, 0.5) is 4.39 Å². The molecule has 3 aromatic rings. The molecule has 2 heterocycles. The van der Waals surface area contributed by atoms with Gasteiger partial charge in [-0.15, -0.1) is 0 Å². The zero-order valence-electron chi connectivity index (χ0n) is 15.2. The molecule has 0 bridgehead atoms. The van der Waals surface area contributed by atoms with Crippen LogP contribution in [-0.4, -0.2) is 11.6 Å². The minimum absolute atomic E-state index is 0.224. The largest absolute Gasteiger partial charge is 0.476 e. The molecule has 7 heteroatoms. The van der Waals surface area contributed by atoms with E-state index in [1.54, 1.807) is 18.2 Å². The Hall–Kier alpha value is -2.08. The van der Waals surface area contributed by atoms with Gasteiger partial charge in [-0.1, -0.05) is 42.6 Å². The fourth-order valence-electron chi connectivity index (χ4n) is 3.58. The lowest BCUT2D eigenvalue weighted by Crippen LogP contribution is -2.32. The molecule has 1 aliphatic rings. The molecule has 0 amide bonds. The Kier molecular flexibility index (Phi) is 5.32. The van der Waals surface area contributed by atoms with E-state index < -0.39 is 5.63 Å². The number of fused-ring (bicyclic) bond motifs is 3. The number of nitrogens with zero attached hydrogens (tertiary/aromatic N) is 1. The molecule has 4 nitrogen and oxygen atoms in total. The summed E-state index contributed by atoms with van der Waals surface area (Å²) in [5.41, 5.74) is 2.05. The first-order valence-electron chi connectivity index (χ1n) is 9.04. The predicted octanol–water partition coefficient (Wildman–Crippen LogP) is 5.54. The molecule has 0 saturated heterocycles. The van der Waals surface area contributed by atoms with Gasteiger partial charge in [0.15, 0.2) is 0 Å². The van der Waals surface area contributed by atoms with Crippen LogP contribution in [0.25, 0.3) is 11.0 Å². The highest BCUT2D eigenvalue weighted by Crippen LogP contribution is 2.40. The van der Waals surface area contributed by atoms with Gasteiger partial charge in [0.1, 0.15) is 23.9 Å². The van der Waals surface area contributed by atoms with E-state index in [4.69, 9.17) is 32.4 Å². The second kappa shape index (κ2) is 7.74. The molecule has 1 aromatic heterocycles. The molecule has 146 valence electrons. The van der Waals surface area contributed by atoms with Crippen molar-refractivity contribution in [2.45, 2.75) is 32.9 Å². The van der Waals surface area contributed by atoms with Gasteiger partial charge in [0, 0.05) is 35.1 Å². The van der Waals surface area contributed by atoms with Gasteiger partial charge < -0.3 is 9.15 Å². The summed E-state index contributed by atoms with van der Waals surface area (Å²) in [4.78, 5) is 14.0. The van der Waals surface area contributed by atoms with Crippen LogP contribution in [0, 0.1) is 5.82 Å². The number of rotatable bonds is 4. The van der Waals surface area contributed by atoms with Crippen LogP contribution in [-0.2, 0) is 19.5 Å². The summed E-state index contributed by atoms with van der Waals surface area (Å²) < 4.78 is 25.5. The third-order valence-electron chi connectivity index (χ3n) is 4.86. The van der Waals surface area contributed by atoms with Gasteiger partial charge in [0.05, 0.1) is 10.6 Å². The molecule has 0 unspecified atom stereocenters. The van der Waals surface area contributed by atoms with E-state index in [9.17, 15) is 9.18 Å². The number of hydrogen-bond donors (Lipinski definition) is 0. The summed E-state index contributed by atoms with van der Waals surface area (Å²) in [5.74, 6) is 0.132. The normalized spacial score (nSPS) is 14.1. The lowest BCUT2D eigenvalue weighted by molar-refractivity contribution is 0.0881. The molecule has 2 aromatic carbocycles. The quantitative estimate of drug-likeness (QED) is 0.518.